The molecule has 1 N–H and O–H groups in total. The number of amides is 2. The molecular formula is C17H14ClFN2O2S. The van der Waals surface area contributed by atoms with E-state index in [9.17, 15) is 14.0 Å². The van der Waals surface area contributed by atoms with Crippen molar-refractivity contribution in [1.29, 1.82) is 0 Å². The molecule has 124 valence electrons. The van der Waals surface area contributed by atoms with Crippen molar-refractivity contribution in [2.24, 2.45) is 0 Å². The van der Waals surface area contributed by atoms with Crippen LogP contribution in [0.3, 0.4) is 0 Å². The second-order valence-corrected chi connectivity index (χ2v) is 6.54. The largest absolute Gasteiger partial charge is 0.325 e. The molecule has 1 fully saturated rings. The number of hydrogen-bond acceptors (Lipinski definition) is 3. The zero-order valence-electron chi connectivity index (χ0n) is 12.5. The van der Waals surface area contributed by atoms with E-state index in [0.29, 0.717) is 17.1 Å². The van der Waals surface area contributed by atoms with Gasteiger partial charge in [0.15, 0.2) is 0 Å². The first-order valence-electron chi connectivity index (χ1n) is 7.23. The lowest BCUT2D eigenvalue weighted by Gasteiger charge is -2.24. The SMILES string of the molecule is O=C(CCl)Nc1ccc([C@H]2SCC(=O)N2c2ccc(F)cc2)cc1. The van der Waals surface area contributed by atoms with E-state index < -0.39 is 0 Å². The van der Waals surface area contributed by atoms with E-state index in [1.807, 2.05) is 12.1 Å². The number of nitrogens with one attached hydrogen (secondary N) is 1. The predicted octanol–water partition coefficient (Wildman–Crippen LogP) is 3.78. The Morgan fingerprint density at radius 1 is 1.21 bits per heavy atom. The van der Waals surface area contributed by atoms with Gasteiger partial charge in [-0.1, -0.05) is 12.1 Å². The van der Waals surface area contributed by atoms with Crippen molar-refractivity contribution in [1.82, 2.24) is 0 Å². The second-order valence-electron chi connectivity index (χ2n) is 5.21. The van der Waals surface area contributed by atoms with Crippen LogP contribution in [-0.2, 0) is 9.59 Å². The van der Waals surface area contributed by atoms with E-state index in [1.165, 1.54) is 23.9 Å². The van der Waals surface area contributed by atoms with Gasteiger partial charge in [-0.15, -0.1) is 23.4 Å². The highest BCUT2D eigenvalue weighted by Gasteiger charge is 2.33. The summed E-state index contributed by atoms with van der Waals surface area (Å²) in [4.78, 5) is 25.2. The van der Waals surface area contributed by atoms with Gasteiger partial charge in [-0.3, -0.25) is 14.5 Å². The third-order valence-electron chi connectivity index (χ3n) is 3.57. The first-order valence-corrected chi connectivity index (χ1v) is 8.82. The highest BCUT2D eigenvalue weighted by molar-refractivity contribution is 8.00. The maximum absolute atomic E-state index is 13.1. The Hall–Kier alpha value is -2.05. The van der Waals surface area contributed by atoms with Crippen molar-refractivity contribution in [3.8, 4) is 0 Å². The number of halogens is 2. The number of hydrogen-bond donors (Lipinski definition) is 1. The Bertz CT molecular complexity index is 752. The molecule has 0 aliphatic carbocycles. The molecule has 1 heterocycles. The fourth-order valence-corrected chi connectivity index (χ4v) is 3.72. The minimum Gasteiger partial charge on any atom is -0.325 e. The number of rotatable bonds is 4. The van der Waals surface area contributed by atoms with Crippen LogP contribution in [0.15, 0.2) is 48.5 Å². The van der Waals surface area contributed by atoms with Crippen LogP contribution in [0.25, 0.3) is 0 Å². The average molecular weight is 365 g/mol. The molecule has 0 unspecified atom stereocenters. The summed E-state index contributed by atoms with van der Waals surface area (Å²) in [5, 5.41) is 2.49. The summed E-state index contributed by atoms with van der Waals surface area (Å²) < 4.78 is 13.1. The maximum atomic E-state index is 13.1. The molecule has 2 aromatic rings. The lowest BCUT2D eigenvalue weighted by Crippen LogP contribution is -2.27. The number of thioether (sulfide) groups is 1. The van der Waals surface area contributed by atoms with E-state index in [2.05, 4.69) is 5.32 Å². The van der Waals surface area contributed by atoms with Crippen LogP contribution in [0, 0.1) is 5.82 Å². The van der Waals surface area contributed by atoms with Crippen LogP contribution in [0.5, 0.6) is 0 Å². The van der Waals surface area contributed by atoms with Gasteiger partial charge in [-0.05, 0) is 42.0 Å². The molecule has 0 aromatic heterocycles. The summed E-state index contributed by atoms with van der Waals surface area (Å²) in [5.41, 5.74) is 2.24. The van der Waals surface area contributed by atoms with Crippen LogP contribution in [0.1, 0.15) is 10.9 Å². The Labute approximate surface area is 148 Å². The van der Waals surface area contributed by atoms with Crippen LogP contribution in [0.2, 0.25) is 0 Å². The van der Waals surface area contributed by atoms with E-state index in [1.54, 1.807) is 29.2 Å². The fourth-order valence-electron chi connectivity index (χ4n) is 2.48. The highest BCUT2D eigenvalue weighted by Crippen LogP contribution is 2.41. The molecule has 1 aliphatic heterocycles. The van der Waals surface area contributed by atoms with Gasteiger partial charge in [0.25, 0.3) is 0 Å². The number of benzene rings is 2. The van der Waals surface area contributed by atoms with Crippen molar-refractivity contribution < 1.29 is 14.0 Å². The minimum atomic E-state index is -0.339. The topological polar surface area (TPSA) is 49.4 Å². The maximum Gasteiger partial charge on any atom is 0.239 e. The van der Waals surface area contributed by atoms with Gasteiger partial charge in [0.1, 0.15) is 17.1 Å². The molecule has 0 saturated carbocycles. The molecule has 4 nitrogen and oxygen atoms in total. The summed E-state index contributed by atoms with van der Waals surface area (Å²) in [7, 11) is 0. The zero-order chi connectivity index (χ0) is 17.1. The third-order valence-corrected chi connectivity index (χ3v) is 5.03. The van der Waals surface area contributed by atoms with Gasteiger partial charge in [0, 0.05) is 11.4 Å². The second kappa shape index (κ2) is 7.23. The van der Waals surface area contributed by atoms with Crippen LogP contribution in [-0.4, -0.2) is 23.4 Å². The summed E-state index contributed by atoms with van der Waals surface area (Å²) in [6.07, 6.45) is 0. The Balaban J connectivity index is 1.83. The van der Waals surface area contributed by atoms with Crippen molar-refractivity contribution in [3.05, 3.63) is 59.9 Å². The lowest BCUT2D eigenvalue weighted by atomic mass is 10.1. The average Bonchev–Trinajstić information content (AvgIpc) is 2.98. The Kier molecular flexibility index (Phi) is 5.06. The standard InChI is InChI=1S/C17H14ClFN2O2S/c18-9-15(22)20-13-5-1-11(2-6-13)17-21(16(23)10-24-17)14-7-3-12(19)4-8-14/h1-8,17H,9-10H2,(H,20,22)/t17-/m1/s1. The predicted molar refractivity (Wildman–Crippen MR) is 94.9 cm³/mol. The summed E-state index contributed by atoms with van der Waals surface area (Å²) in [6, 6.07) is 13.1. The number of carbonyl (C=O) groups is 2. The first kappa shape index (κ1) is 16.8. The monoisotopic (exact) mass is 364 g/mol. The van der Waals surface area contributed by atoms with Crippen molar-refractivity contribution >= 4 is 46.6 Å². The highest BCUT2D eigenvalue weighted by atomic mass is 35.5. The van der Waals surface area contributed by atoms with Crippen LogP contribution < -0.4 is 10.2 Å². The summed E-state index contributed by atoms with van der Waals surface area (Å²) in [5.74, 6) is -0.368. The van der Waals surface area contributed by atoms with Crippen molar-refractivity contribution in [2.45, 2.75) is 5.37 Å². The normalized spacial score (nSPS) is 17.2. The van der Waals surface area contributed by atoms with Crippen molar-refractivity contribution in [3.63, 3.8) is 0 Å². The summed E-state index contributed by atoms with van der Waals surface area (Å²) >= 11 is 6.97. The Morgan fingerprint density at radius 2 is 1.88 bits per heavy atom. The number of anilines is 2. The molecule has 1 aliphatic rings. The minimum absolute atomic E-state index is 0.0175. The van der Waals surface area contributed by atoms with Gasteiger partial charge >= 0.3 is 0 Å². The molecule has 0 radical (unpaired) electrons. The number of nitrogens with zero attached hydrogens (tertiary/aromatic N) is 1. The van der Waals surface area contributed by atoms with Gasteiger partial charge in [0.05, 0.1) is 5.75 Å². The molecule has 3 rings (SSSR count). The molecule has 2 aromatic carbocycles. The van der Waals surface area contributed by atoms with Gasteiger partial charge in [-0.2, -0.15) is 0 Å². The molecule has 0 bridgehead atoms. The molecule has 2 amide bonds. The molecule has 0 spiro atoms. The van der Waals surface area contributed by atoms with Crippen molar-refractivity contribution in [2.75, 3.05) is 21.8 Å². The quantitative estimate of drug-likeness (QED) is 0.840. The van der Waals surface area contributed by atoms with Crippen LogP contribution >= 0.6 is 23.4 Å². The fraction of sp³-hybridized carbons (Fsp3) is 0.176. The van der Waals surface area contributed by atoms with E-state index in [-0.39, 0.29) is 28.9 Å². The lowest BCUT2D eigenvalue weighted by molar-refractivity contribution is -0.116. The molecular weight excluding hydrogens is 351 g/mol. The van der Waals surface area contributed by atoms with Crippen LogP contribution in [0.4, 0.5) is 15.8 Å². The van der Waals surface area contributed by atoms with E-state index in [4.69, 9.17) is 11.6 Å². The zero-order valence-corrected chi connectivity index (χ0v) is 14.1. The number of carbonyl (C=O) groups excluding carboxylic acids is 2. The van der Waals surface area contributed by atoms with Gasteiger partial charge < -0.3 is 5.32 Å². The third kappa shape index (κ3) is 3.55. The van der Waals surface area contributed by atoms with Gasteiger partial charge in [0.2, 0.25) is 11.8 Å². The van der Waals surface area contributed by atoms with E-state index >= 15 is 0 Å². The molecule has 1 atom stereocenters. The first-order chi connectivity index (χ1) is 11.6. The molecule has 1 saturated heterocycles. The molecule has 24 heavy (non-hydrogen) atoms. The summed E-state index contributed by atoms with van der Waals surface area (Å²) in [6.45, 7) is 0. The molecule has 7 heteroatoms. The van der Waals surface area contributed by atoms with Gasteiger partial charge in [-0.25, -0.2) is 4.39 Å². The smallest absolute Gasteiger partial charge is 0.239 e. The Morgan fingerprint density at radius 3 is 2.50 bits per heavy atom. The number of alkyl halides is 1. The van der Waals surface area contributed by atoms with E-state index in [0.717, 1.165) is 5.56 Å².